The van der Waals surface area contributed by atoms with Gasteiger partial charge in [-0.2, -0.15) is 0 Å². The van der Waals surface area contributed by atoms with E-state index in [0.29, 0.717) is 4.47 Å². The molecule has 2 rings (SSSR count). The molecule has 0 saturated carbocycles. The minimum absolute atomic E-state index is 0.0478. The second kappa shape index (κ2) is 6.27. The van der Waals surface area contributed by atoms with Crippen LogP contribution in [0.4, 0.5) is 10.1 Å². The summed E-state index contributed by atoms with van der Waals surface area (Å²) in [6, 6.07) is 10.7. The summed E-state index contributed by atoms with van der Waals surface area (Å²) >= 11 is 3.36. The van der Waals surface area contributed by atoms with Gasteiger partial charge >= 0.3 is 0 Å². The highest BCUT2D eigenvalue weighted by molar-refractivity contribution is 9.10. The Morgan fingerprint density at radius 2 is 1.95 bits per heavy atom. The number of hydrogen-bond donors (Lipinski definition) is 1. The molecule has 20 heavy (non-hydrogen) atoms. The Hall–Kier alpha value is -1.55. The summed E-state index contributed by atoms with van der Waals surface area (Å²) in [5, 5.41) is 3.36. The molecular weight excluding hydrogens is 321 g/mol. The average molecular weight is 338 g/mol. The van der Waals surface area contributed by atoms with E-state index >= 15 is 0 Å². The van der Waals surface area contributed by atoms with E-state index in [-0.39, 0.29) is 11.9 Å². The van der Waals surface area contributed by atoms with Gasteiger partial charge in [-0.05, 0) is 54.0 Å². The topological polar surface area (TPSA) is 21.3 Å². The number of aryl methyl sites for hydroxylation is 1. The van der Waals surface area contributed by atoms with Gasteiger partial charge in [-0.1, -0.05) is 17.7 Å². The molecule has 2 aromatic rings. The summed E-state index contributed by atoms with van der Waals surface area (Å²) in [5.41, 5.74) is 3.10. The lowest BCUT2D eigenvalue weighted by Gasteiger charge is -2.20. The van der Waals surface area contributed by atoms with E-state index in [2.05, 4.69) is 27.3 Å². The van der Waals surface area contributed by atoms with Crippen LogP contribution in [0.25, 0.3) is 0 Å². The zero-order chi connectivity index (χ0) is 14.7. The maximum absolute atomic E-state index is 13.1. The molecule has 0 bridgehead atoms. The van der Waals surface area contributed by atoms with E-state index in [1.165, 1.54) is 17.7 Å². The van der Waals surface area contributed by atoms with Gasteiger partial charge in [0.15, 0.2) is 0 Å². The van der Waals surface area contributed by atoms with Crippen molar-refractivity contribution in [3.05, 3.63) is 57.8 Å². The van der Waals surface area contributed by atoms with Gasteiger partial charge in [0.2, 0.25) is 0 Å². The number of halogens is 2. The van der Waals surface area contributed by atoms with Crippen molar-refractivity contribution in [3.63, 3.8) is 0 Å². The lowest BCUT2D eigenvalue weighted by atomic mass is 10.0. The first-order chi connectivity index (χ1) is 9.51. The largest absolute Gasteiger partial charge is 0.496 e. The number of hydrogen-bond acceptors (Lipinski definition) is 2. The van der Waals surface area contributed by atoms with Gasteiger partial charge in [-0.25, -0.2) is 4.39 Å². The van der Waals surface area contributed by atoms with Crippen LogP contribution in [-0.2, 0) is 0 Å². The van der Waals surface area contributed by atoms with Gasteiger partial charge in [0.1, 0.15) is 11.6 Å². The predicted molar refractivity (Wildman–Crippen MR) is 83.9 cm³/mol. The van der Waals surface area contributed by atoms with Gasteiger partial charge in [0, 0.05) is 15.7 Å². The Labute approximate surface area is 127 Å². The molecule has 0 aliphatic heterocycles. The first-order valence-electron chi connectivity index (χ1n) is 6.37. The SMILES string of the molecule is COc1ccc(C)cc1C(C)Nc1ccc(F)cc1Br. The molecule has 0 heterocycles. The van der Waals surface area contributed by atoms with Crippen molar-refractivity contribution in [2.24, 2.45) is 0 Å². The van der Waals surface area contributed by atoms with E-state index < -0.39 is 0 Å². The smallest absolute Gasteiger partial charge is 0.124 e. The number of benzene rings is 2. The van der Waals surface area contributed by atoms with Crippen LogP contribution in [-0.4, -0.2) is 7.11 Å². The molecule has 1 unspecified atom stereocenters. The molecular formula is C16H17BrFNO. The van der Waals surface area contributed by atoms with E-state index in [4.69, 9.17) is 4.74 Å². The lowest BCUT2D eigenvalue weighted by molar-refractivity contribution is 0.408. The molecule has 0 aliphatic carbocycles. The Morgan fingerprint density at radius 1 is 1.20 bits per heavy atom. The molecule has 2 aromatic carbocycles. The van der Waals surface area contributed by atoms with Crippen molar-refractivity contribution in [1.29, 1.82) is 0 Å². The standard InChI is InChI=1S/C16H17BrFNO/c1-10-4-7-16(20-3)13(8-10)11(2)19-15-6-5-12(18)9-14(15)17/h4-9,11,19H,1-3H3. The zero-order valence-electron chi connectivity index (χ0n) is 11.7. The van der Waals surface area contributed by atoms with Gasteiger partial charge in [0.25, 0.3) is 0 Å². The maximum atomic E-state index is 13.1. The van der Waals surface area contributed by atoms with Gasteiger partial charge < -0.3 is 10.1 Å². The summed E-state index contributed by atoms with van der Waals surface area (Å²) in [5.74, 6) is 0.581. The quantitative estimate of drug-likeness (QED) is 0.840. The molecule has 106 valence electrons. The van der Waals surface area contributed by atoms with Gasteiger partial charge in [-0.15, -0.1) is 0 Å². The van der Waals surface area contributed by atoms with E-state index in [1.54, 1.807) is 13.2 Å². The highest BCUT2D eigenvalue weighted by Crippen LogP contribution is 2.31. The third-order valence-electron chi connectivity index (χ3n) is 3.15. The number of nitrogens with one attached hydrogen (secondary N) is 1. The van der Waals surface area contributed by atoms with Crippen LogP contribution in [0.2, 0.25) is 0 Å². The second-order valence-corrected chi connectivity index (χ2v) is 5.59. The highest BCUT2D eigenvalue weighted by atomic mass is 79.9. The Kier molecular flexibility index (Phi) is 4.65. The second-order valence-electron chi connectivity index (χ2n) is 4.74. The van der Waals surface area contributed by atoms with Crippen LogP contribution in [0.1, 0.15) is 24.1 Å². The van der Waals surface area contributed by atoms with E-state index in [1.807, 2.05) is 26.0 Å². The zero-order valence-corrected chi connectivity index (χ0v) is 13.3. The number of rotatable bonds is 4. The molecule has 0 amide bonds. The summed E-state index contributed by atoms with van der Waals surface area (Å²) < 4.78 is 19.2. The third-order valence-corrected chi connectivity index (χ3v) is 3.81. The van der Waals surface area contributed by atoms with E-state index in [9.17, 15) is 4.39 Å². The van der Waals surface area contributed by atoms with Crippen molar-refractivity contribution in [2.45, 2.75) is 19.9 Å². The van der Waals surface area contributed by atoms with Crippen molar-refractivity contribution in [2.75, 3.05) is 12.4 Å². The minimum atomic E-state index is -0.261. The third kappa shape index (κ3) is 3.31. The Morgan fingerprint density at radius 3 is 2.60 bits per heavy atom. The minimum Gasteiger partial charge on any atom is -0.496 e. The van der Waals surface area contributed by atoms with Crippen LogP contribution >= 0.6 is 15.9 Å². The molecule has 4 heteroatoms. The molecule has 0 radical (unpaired) electrons. The average Bonchev–Trinajstić information content (AvgIpc) is 2.41. The monoisotopic (exact) mass is 337 g/mol. The molecule has 1 N–H and O–H groups in total. The van der Waals surface area contributed by atoms with Crippen LogP contribution in [0.5, 0.6) is 5.75 Å². The van der Waals surface area contributed by atoms with Gasteiger partial charge in [-0.3, -0.25) is 0 Å². The first kappa shape index (κ1) is 14.9. The fraction of sp³-hybridized carbons (Fsp3) is 0.250. The van der Waals surface area contributed by atoms with Crippen LogP contribution in [0, 0.1) is 12.7 Å². The number of ether oxygens (including phenoxy) is 1. The summed E-state index contributed by atoms with van der Waals surface area (Å²) in [4.78, 5) is 0. The fourth-order valence-corrected chi connectivity index (χ4v) is 2.58. The molecule has 0 fully saturated rings. The Balaban J connectivity index is 2.27. The van der Waals surface area contributed by atoms with Crippen molar-refractivity contribution >= 4 is 21.6 Å². The summed E-state index contributed by atoms with van der Waals surface area (Å²) in [6.45, 7) is 4.09. The van der Waals surface area contributed by atoms with E-state index in [0.717, 1.165) is 17.0 Å². The Bertz CT molecular complexity index is 615. The lowest BCUT2D eigenvalue weighted by Crippen LogP contribution is -2.09. The molecule has 0 aromatic heterocycles. The number of anilines is 1. The normalized spacial score (nSPS) is 12.1. The fourth-order valence-electron chi connectivity index (χ4n) is 2.11. The maximum Gasteiger partial charge on any atom is 0.124 e. The van der Waals surface area contributed by atoms with Crippen molar-refractivity contribution in [1.82, 2.24) is 0 Å². The van der Waals surface area contributed by atoms with Gasteiger partial charge in [0.05, 0.1) is 13.2 Å². The predicted octanol–water partition coefficient (Wildman–Crippen LogP) is 5.08. The first-order valence-corrected chi connectivity index (χ1v) is 7.16. The molecule has 0 spiro atoms. The molecule has 2 nitrogen and oxygen atoms in total. The highest BCUT2D eigenvalue weighted by Gasteiger charge is 2.13. The van der Waals surface area contributed by atoms with Crippen molar-refractivity contribution in [3.8, 4) is 5.75 Å². The summed E-state index contributed by atoms with van der Waals surface area (Å²) in [7, 11) is 1.66. The molecule has 1 atom stereocenters. The van der Waals surface area contributed by atoms with Crippen LogP contribution < -0.4 is 10.1 Å². The number of methoxy groups -OCH3 is 1. The van der Waals surface area contributed by atoms with Crippen LogP contribution in [0.3, 0.4) is 0 Å². The van der Waals surface area contributed by atoms with Crippen LogP contribution in [0.15, 0.2) is 40.9 Å². The molecule has 0 saturated heterocycles. The summed E-state index contributed by atoms with van der Waals surface area (Å²) in [6.07, 6.45) is 0. The van der Waals surface area contributed by atoms with Crippen molar-refractivity contribution < 1.29 is 9.13 Å². The molecule has 0 aliphatic rings.